The van der Waals surface area contributed by atoms with Gasteiger partial charge in [-0.2, -0.15) is 0 Å². The van der Waals surface area contributed by atoms with Gasteiger partial charge in [0.1, 0.15) is 11.6 Å². The van der Waals surface area contributed by atoms with Crippen LogP contribution in [0.5, 0.6) is 0 Å². The van der Waals surface area contributed by atoms with Crippen molar-refractivity contribution in [1.29, 1.82) is 0 Å². The molecule has 1 aromatic heterocycles. The summed E-state index contributed by atoms with van der Waals surface area (Å²) in [6.45, 7) is 1.45. The topological polar surface area (TPSA) is 81.0 Å². The maximum absolute atomic E-state index is 11.1. The lowest BCUT2D eigenvalue weighted by atomic mass is 9.99. The van der Waals surface area contributed by atoms with E-state index in [9.17, 15) is 4.79 Å². The molecule has 0 spiro atoms. The van der Waals surface area contributed by atoms with E-state index in [2.05, 4.69) is 9.97 Å². The maximum Gasteiger partial charge on any atom is 0.252 e. The average Bonchev–Trinajstić information content (AvgIpc) is 2.18. The molecule has 0 bridgehead atoms. The first-order valence-electron chi connectivity index (χ1n) is 4.70. The zero-order valence-electron chi connectivity index (χ0n) is 7.82. The van der Waals surface area contributed by atoms with Gasteiger partial charge >= 0.3 is 0 Å². The molecule has 0 saturated carbocycles. The molecule has 1 saturated heterocycles. The molecule has 0 aromatic carbocycles. The standard InChI is InChI=1S/C9H13N3O2/c10-7-5-8(13)12-9(11-7)6-1-3-14-4-2-6/h5-6H,1-4H2,(H3,10,11,12,13). The van der Waals surface area contributed by atoms with Gasteiger partial charge in [0.2, 0.25) is 0 Å². The number of H-pyrrole nitrogens is 1. The highest BCUT2D eigenvalue weighted by Gasteiger charge is 2.18. The Morgan fingerprint density at radius 2 is 2.21 bits per heavy atom. The predicted octanol–water partition coefficient (Wildman–Crippen LogP) is 0.246. The minimum Gasteiger partial charge on any atom is -0.383 e. The summed E-state index contributed by atoms with van der Waals surface area (Å²) in [5.74, 6) is 1.26. The molecular formula is C9H13N3O2. The Morgan fingerprint density at radius 3 is 2.86 bits per heavy atom. The van der Waals surface area contributed by atoms with Gasteiger partial charge in [-0.15, -0.1) is 0 Å². The number of hydrogen-bond acceptors (Lipinski definition) is 4. The SMILES string of the molecule is Nc1cc(=O)[nH]c(C2CCOCC2)n1. The Balaban J connectivity index is 2.26. The summed E-state index contributed by atoms with van der Waals surface area (Å²) in [6, 6.07) is 1.29. The average molecular weight is 195 g/mol. The number of nitrogen functional groups attached to an aromatic ring is 1. The molecule has 2 rings (SSSR count). The van der Waals surface area contributed by atoms with Crippen LogP contribution in [0.3, 0.4) is 0 Å². The predicted molar refractivity (Wildman–Crippen MR) is 52.1 cm³/mol. The van der Waals surface area contributed by atoms with Gasteiger partial charge in [0.25, 0.3) is 5.56 Å². The molecule has 5 nitrogen and oxygen atoms in total. The molecule has 0 amide bonds. The van der Waals surface area contributed by atoms with Crippen molar-refractivity contribution in [2.45, 2.75) is 18.8 Å². The van der Waals surface area contributed by atoms with Crippen LogP contribution in [0.25, 0.3) is 0 Å². The summed E-state index contributed by atoms with van der Waals surface area (Å²) in [5, 5.41) is 0. The van der Waals surface area contributed by atoms with E-state index < -0.39 is 0 Å². The number of aromatic nitrogens is 2. The zero-order chi connectivity index (χ0) is 9.97. The number of hydrogen-bond donors (Lipinski definition) is 2. The minimum absolute atomic E-state index is 0.181. The smallest absolute Gasteiger partial charge is 0.252 e. The van der Waals surface area contributed by atoms with Crippen molar-refractivity contribution >= 4 is 5.82 Å². The Hall–Kier alpha value is -1.36. The van der Waals surface area contributed by atoms with Crippen molar-refractivity contribution in [1.82, 2.24) is 9.97 Å². The Bertz CT molecular complexity index is 369. The van der Waals surface area contributed by atoms with Crippen LogP contribution in [0.4, 0.5) is 5.82 Å². The summed E-state index contributed by atoms with van der Waals surface area (Å²) in [5.41, 5.74) is 5.32. The van der Waals surface area contributed by atoms with E-state index in [0.29, 0.717) is 5.82 Å². The van der Waals surface area contributed by atoms with Crippen molar-refractivity contribution < 1.29 is 4.74 Å². The van der Waals surface area contributed by atoms with Crippen LogP contribution in [0, 0.1) is 0 Å². The van der Waals surface area contributed by atoms with Gasteiger partial charge in [-0.25, -0.2) is 4.98 Å². The lowest BCUT2D eigenvalue weighted by molar-refractivity contribution is 0.0835. The Kier molecular flexibility index (Phi) is 2.49. The van der Waals surface area contributed by atoms with E-state index in [0.717, 1.165) is 26.1 Å². The number of ether oxygens (including phenoxy) is 1. The molecule has 5 heteroatoms. The maximum atomic E-state index is 11.1. The molecule has 0 radical (unpaired) electrons. The molecule has 0 aliphatic carbocycles. The highest BCUT2D eigenvalue weighted by atomic mass is 16.5. The van der Waals surface area contributed by atoms with E-state index in [1.54, 1.807) is 0 Å². The molecule has 14 heavy (non-hydrogen) atoms. The second-order valence-corrected chi connectivity index (χ2v) is 3.44. The fourth-order valence-corrected chi connectivity index (χ4v) is 1.66. The second kappa shape index (κ2) is 3.79. The molecule has 2 heterocycles. The monoisotopic (exact) mass is 195 g/mol. The molecular weight excluding hydrogens is 182 g/mol. The molecule has 1 aliphatic heterocycles. The van der Waals surface area contributed by atoms with Crippen molar-refractivity contribution in [3.05, 3.63) is 22.2 Å². The van der Waals surface area contributed by atoms with Crippen molar-refractivity contribution in [3.8, 4) is 0 Å². The minimum atomic E-state index is -0.181. The van der Waals surface area contributed by atoms with Crippen LogP contribution in [0.15, 0.2) is 10.9 Å². The number of anilines is 1. The number of rotatable bonds is 1. The zero-order valence-corrected chi connectivity index (χ0v) is 7.82. The van der Waals surface area contributed by atoms with E-state index >= 15 is 0 Å². The van der Waals surface area contributed by atoms with Crippen LogP contribution in [0.2, 0.25) is 0 Å². The summed E-state index contributed by atoms with van der Waals surface area (Å²) in [4.78, 5) is 18.0. The van der Waals surface area contributed by atoms with E-state index in [1.165, 1.54) is 6.07 Å². The van der Waals surface area contributed by atoms with Gasteiger partial charge in [0.15, 0.2) is 0 Å². The highest BCUT2D eigenvalue weighted by Crippen LogP contribution is 2.23. The first-order valence-corrected chi connectivity index (χ1v) is 4.70. The Morgan fingerprint density at radius 1 is 1.50 bits per heavy atom. The van der Waals surface area contributed by atoms with Gasteiger partial charge in [0, 0.05) is 25.2 Å². The number of nitrogens with zero attached hydrogens (tertiary/aromatic N) is 1. The van der Waals surface area contributed by atoms with Gasteiger partial charge in [-0.3, -0.25) is 4.79 Å². The van der Waals surface area contributed by atoms with E-state index in [1.807, 2.05) is 0 Å². The first-order chi connectivity index (χ1) is 6.75. The molecule has 1 fully saturated rings. The van der Waals surface area contributed by atoms with Gasteiger partial charge in [0.05, 0.1) is 0 Å². The third-order valence-corrected chi connectivity index (χ3v) is 2.39. The summed E-state index contributed by atoms with van der Waals surface area (Å²) < 4.78 is 5.23. The van der Waals surface area contributed by atoms with Crippen molar-refractivity contribution in [2.75, 3.05) is 18.9 Å². The van der Waals surface area contributed by atoms with Crippen LogP contribution in [0.1, 0.15) is 24.6 Å². The fourth-order valence-electron chi connectivity index (χ4n) is 1.66. The van der Waals surface area contributed by atoms with E-state index in [4.69, 9.17) is 10.5 Å². The molecule has 76 valence electrons. The quantitative estimate of drug-likeness (QED) is 0.672. The second-order valence-electron chi connectivity index (χ2n) is 3.44. The first kappa shape index (κ1) is 9.21. The number of aromatic amines is 1. The lowest BCUT2D eigenvalue weighted by Gasteiger charge is -2.20. The van der Waals surface area contributed by atoms with Crippen LogP contribution < -0.4 is 11.3 Å². The van der Waals surface area contributed by atoms with Gasteiger partial charge < -0.3 is 15.5 Å². The third-order valence-electron chi connectivity index (χ3n) is 2.39. The van der Waals surface area contributed by atoms with Crippen molar-refractivity contribution in [3.63, 3.8) is 0 Å². The van der Waals surface area contributed by atoms with Crippen LogP contribution >= 0.6 is 0 Å². The highest BCUT2D eigenvalue weighted by molar-refractivity contribution is 5.26. The molecule has 1 aliphatic rings. The summed E-state index contributed by atoms with van der Waals surface area (Å²) in [6.07, 6.45) is 1.79. The summed E-state index contributed by atoms with van der Waals surface area (Å²) in [7, 11) is 0. The van der Waals surface area contributed by atoms with Crippen LogP contribution in [-0.4, -0.2) is 23.2 Å². The Labute approximate surface area is 81.3 Å². The molecule has 3 N–H and O–H groups in total. The molecule has 1 aromatic rings. The summed E-state index contributed by atoms with van der Waals surface area (Å²) >= 11 is 0. The number of nitrogens with two attached hydrogens (primary N) is 1. The van der Waals surface area contributed by atoms with Gasteiger partial charge in [-0.05, 0) is 12.8 Å². The lowest BCUT2D eigenvalue weighted by Crippen LogP contribution is -2.20. The number of nitrogens with one attached hydrogen (secondary N) is 1. The molecule has 0 unspecified atom stereocenters. The van der Waals surface area contributed by atoms with E-state index in [-0.39, 0.29) is 17.3 Å². The normalized spacial score (nSPS) is 18.3. The third kappa shape index (κ3) is 1.93. The van der Waals surface area contributed by atoms with Gasteiger partial charge in [-0.1, -0.05) is 0 Å². The fraction of sp³-hybridized carbons (Fsp3) is 0.556. The van der Waals surface area contributed by atoms with Crippen LogP contribution in [-0.2, 0) is 4.74 Å². The molecule has 0 atom stereocenters. The van der Waals surface area contributed by atoms with Crippen molar-refractivity contribution in [2.24, 2.45) is 0 Å². The largest absolute Gasteiger partial charge is 0.383 e.